The van der Waals surface area contributed by atoms with Gasteiger partial charge in [0.2, 0.25) is 0 Å². The summed E-state index contributed by atoms with van der Waals surface area (Å²) in [6.45, 7) is 9.72. The number of benzene rings is 8. The van der Waals surface area contributed by atoms with Gasteiger partial charge in [0.05, 0.1) is 11.4 Å². The molecular formula is C56H45BN2S2. The van der Waals surface area contributed by atoms with Crippen LogP contribution in [0.4, 0.5) is 28.4 Å². The number of hydrogen-bond donors (Lipinski definition) is 0. The lowest BCUT2D eigenvalue weighted by atomic mass is 9.42. The molecule has 0 amide bonds. The van der Waals surface area contributed by atoms with Crippen molar-refractivity contribution in [2.75, 3.05) is 22.2 Å². The number of fused-ring (bicyclic) bond motifs is 12. The molecule has 0 unspecified atom stereocenters. The molecule has 0 saturated heterocycles. The van der Waals surface area contributed by atoms with E-state index in [2.05, 4.69) is 214 Å². The van der Waals surface area contributed by atoms with E-state index in [-0.39, 0.29) is 17.7 Å². The molecule has 61 heavy (non-hydrogen) atoms. The van der Waals surface area contributed by atoms with Crippen LogP contribution in [0, 0.1) is 0 Å². The van der Waals surface area contributed by atoms with Crippen LogP contribution in [-0.4, -0.2) is 19.4 Å². The van der Waals surface area contributed by atoms with Gasteiger partial charge < -0.3 is 9.71 Å². The van der Waals surface area contributed by atoms with Gasteiger partial charge in [-0.25, -0.2) is 0 Å². The van der Waals surface area contributed by atoms with E-state index in [1.807, 2.05) is 11.8 Å². The van der Waals surface area contributed by atoms with E-state index in [1.165, 1.54) is 115 Å². The van der Waals surface area contributed by atoms with Gasteiger partial charge >= 0.3 is 6.85 Å². The molecule has 13 rings (SSSR count). The third kappa shape index (κ3) is 4.58. The van der Waals surface area contributed by atoms with Gasteiger partial charge in [-0.3, -0.25) is 0 Å². The van der Waals surface area contributed by atoms with Crippen molar-refractivity contribution in [3.05, 3.63) is 186 Å². The summed E-state index contributed by atoms with van der Waals surface area (Å²) in [6.07, 6.45) is 5.02. The third-order valence-corrected chi connectivity index (χ3v) is 18.7. The maximum Gasteiger partial charge on any atom is 0.333 e. The Bertz CT molecular complexity index is 3220. The van der Waals surface area contributed by atoms with Crippen LogP contribution in [0.2, 0.25) is 0 Å². The smallest absolute Gasteiger partial charge is 0.333 e. The molecule has 8 aromatic carbocycles. The van der Waals surface area contributed by atoms with Crippen LogP contribution < -0.4 is 20.6 Å². The number of anilines is 5. The zero-order valence-electron chi connectivity index (χ0n) is 35.4. The van der Waals surface area contributed by atoms with Crippen LogP contribution >= 0.6 is 21.8 Å². The molecule has 1 aliphatic carbocycles. The van der Waals surface area contributed by atoms with E-state index in [9.17, 15) is 0 Å². The summed E-state index contributed by atoms with van der Waals surface area (Å²) in [5.41, 5.74) is 22.5. The molecule has 0 saturated carbocycles. The Hall–Kier alpha value is -5.88. The van der Waals surface area contributed by atoms with Crippen molar-refractivity contribution < 1.29 is 0 Å². The lowest BCUT2D eigenvalue weighted by Crippen LogP contribution is -2.62. The Morgan fingerprint density at radius 2 is 1.18 bits per heavy atom. The van der Waals surface area contributed by atoms with E-state index >= 15 is 0 Å². The van der Waals surface area contributed by atoms with Crippen molar-refractivity contribution in [3.8, 4) is 33.4 Å². The average Bonchev–Trinajstić information content (AvgIpc) is 3.51. The van der Waals surface area contributed by atoms with Crippen LogP contribution in [0.15, 0.2) is 183 Å². The van der Waals surface area contributed by atoms with Crippen molar-refractivity contribution in [2.24, 2.45) is 0 Å². The minimum absolute atomic E-state index is 0.0523. The Kier molecular flexibility index (Phi) is 7.14. The first-order valence-corrected chi connectivity index (χ1v) is 24.8. The maximum atomic E-state index is 2.73. The SMILES string of the molecule is CC1(C)c2ccccc2Sc2cc3c(cc21)-c1cc2c(c4c1B(c1cccc5c1N4c1ccccc1S5(C)C)N3c1ccc(-c3ccccc3)cc1)C(C)(C)c1ccccc1-2. The van der Waals surface area contributed by atoms with Crippen LogP contribution in [0.3, 0.4) is 0 Å². The summed E-state index contributed by atoms with van der Waals surface area (Å²) in [4.78, 5) is 11.1. The van der Waals surface area contributed by atoms with Gasteiger partial charge in [-0.2, -0.15) is 10.0 Å². The molecule has 0 N–H and O–H groups in total. The highest BCUT2D eigenvalue weighted by molar-refractivity contribution is 8.33. The Balaban J connectivity index is 1.18. The van der Waals surface area contributed by atoms with Crippen molar-refractivity contribution in [1.82, 2.24) is 0 Å². The molecular weight excluding hydrogens is 776 g/mol. The first kappa shape index (κ1) is 35.8. The summed E-state index contributed by atoms with van der Waals surface area (Å²) >= 11 is 1.93. The first-order valence-electron chi connectivity index (χ1n) is 21.5. The van der Waals surface area contributed by atoms with Crippen molar-refractivity contribution in [2.45, 2.75) is 58.1 Å². The van der Waals surface area contributed by atoms with Gasteiger partial charge in [-0.1, -0.05) is 149 Å². The normalized spacial score (nSPS) is 17.4. The Morgan fingerprint density at radius 1 is 0.492 bits per heavy atom. The molecule has 8 aromatic rings. The standard InChI is InChI=1S/C56H45BN2S2/c1-55(2)42-21-12-14-24-47(42)60-48-33-46-38(32-43(48)55)40-31-39-37-19-10-11-20-41(37)56(3,4)51(39)54-52(40)57(59(46)36-29-27-35(28-30-36)34-17-8-7-9-18-34)44-22-16-26-50-53(44)58(54)45-23-13-15-25-49(45)61(50,5)6/h7-33H,1-6H3. The first-order chi connectivity index (χ1) is 29.5. The molecule has 2 nitrogen and oxygen atoms in total. The fraction of sp³-hybridized carbons (Fsp3) is 0.143. The summed E-state index contributed by atoms with van der Waals surface area (Å²) in [7, 11) is -1.35. The topological polar surface area (TPSA) is 6.48 Å². The minimum Gasteiger partial charge on any atom is -0.376 e. The van der Waals surface area contributed by atoms with Crippen molar-refractivity contribution >= 4 is 68.0 Å². The minimum atomic E-state index is -1.35. The lowest BCUT2D eigenvalue weighted by molar-refractivity contribution is 0.607. The third-order valence-electron chi connectivity index (χ3n) is 14.7. The molecule has 0 atom stereocenters. The van der Waals surface area contributed by atoms with E-state index in [0.29, 0.717) is 0 Å². The van der Waals surface area contributed by atoms with Crippen molar-refractivity contribution in [1.29, 1.82) is 0 Å². The van der Waals surface area contributed by atoms with Crippen LogP contribution in [-0.2, 0) is 10.8 Å². The Labute approximate surface area is 365 Å². The van der Waals surface area contributed by atoms with Gasteiger partial charge in [0, 0.05) is 53.0 Å². The number of rotatable bonds is 2. The van der Waals surface area contributed by atoms with E-state index in [4.69, 9.17) is 0 Å². The van der Waals surface area contributed by atoms with E-state index in [1.54, 1.807) is 0 Å². The molecule has 5 aliphatic rings. The van der Waals surface area contributed by atoms with Crippen LogP contribution in [0.5, 0.6) is 0 Å². The van der Waals surface area contributed by atoms with Gasteiger partial charge in [-0.15, -0.1) is 0 Å². The van der Waals surface area contributed by atoms with E-state index in [0.717, 1.165) is 0 Å². The highest BCUT2D eigenvalue weighted by Gasteiger charge is 2.53. The average molecular weight is 821 g/mol. The Morgan fingerprint density at radius 3 is 2.00 bits per heavy atom. The predicted octanol–water partition coefficient (Wildman–Crippen LogP) is 14.0. The molecule has 4 aliphatic heterocycles. The summed E-state index contributed by atoms with van der Waals surface area (Å²) in [5, 5.41) is 0. The molecule has 0 bridgehead atoms. The van der Waals surface area contributed by atoms with Crippen molar-refractivity contribution in [3.63, 3.8) is 0 Å². The predicted molar refractivity (Wildman–Crippen MR) is 262 cm³/mol. The molecule has 0 spiro atoms. The summed E-state index contributed by atoms with van der Waals surface area (Å²) in [6, 6.07) is 62.7. The number of hydrogen-bond acceptors (Lipinski definition) is 3. The van der Waals surface area contributed by atoms with Gasteiger partial charge in [0.15, 0.2) is 0 Å². The highest BCUT2D eigenvalue weighted by Crippen LogP contribution is 2.69. The highest BCUT2D eigenvalue weighted by atomic mass is 32.3. The van der Waals surface area contributed by atoms with Gasteiger partial charge in [0.25, 0.3) is 0 Å². The molecule has 5 heteroatoms. The second kappa shape index (κ2) is 12.2. The summed E-state index contributed by atoms with van der Waals surface area (Å²) in [5.74, 6) is 0. The quantitative estimate of drug-likeness (QED) is 0.160. The molecule has 294 valence electrons. The van der Waals surface area contributed by atoms with Crippen LogP contribution in [0.25, 0.3) is 33.4 Å². The summed E-state index contributed by atoms with van der Waals surface area (Å²) < 4.78 is 0. The zero-order valence-corrected chi connectivity index (χ0v) is 37.0. The maximum absolute atomic E-state index is 2.73. The molecule has 4 heterocycles. The van der Waals surface area contributed by atoms with E-state index < -0.39 is 10.0 Å². The second-order valence-corrected chi connectivity index (χ2v) is 23.5. The van der Waals surface area contributed by atoms with Gasteiger partial charge in [-0.05, 0) is 128 Å². The van der Waals surface area contributed by atoms with Gasteiger partial charge in [0.1, 0.15) is 0 Å². The monoisotopic (exact) mass is 820 g/mol. The molecule has 0 fully saturated rings. The molecule has 0 radical (unpaired) electrons. The fourth-order valence-electron chi connectivity index (χ4n) is 11.8. The number of nitrogens with zero attached hydrogens (tertiary/aromatic N) is 2. The lowest BCUT2D eigenvalue weighted by Gasteiger charge is -2.53. The zero-order chi connectivity index (χ0) is 41.2. The fourth-order valence-corrected chi connectivity index (χ4v) is 15.7. The largest absolute Gasteiger partial charge is 0.376 e. The van der Waals surface area contributed by atoms with Crippen LogP contribution in [0.1, 0.15) is 49.9 Å². The second-order valence-electron chi connectivity index (χ2n) is 18.9. The number of para-hydroxylation sites is 2. The molecule has 0 aromatic heterocycles.